The number of benzene rings is 1. The average molecular weight is 284 g/mol. The molecule has 0 amide bonds. The number of hydrogen-bond acceptors (Lipinski definition) is 2. The summed E-state index contributed by atoms with van der Waals surface area (Å²) in [5.74, 6) is 0. The molecule has 3 nitrogen and oxygen atoms in total. The van der Waals surface area contributed by atoms with Crippen LogP contribution in [-0.4, -0.2) is 10.8 Å². The van der Waals surface area contributed by atoms with Crippen LogP contribution in [0.2, 0.25) is 5.02 Å². The number of nitrogens with zero attached hydrogens (tertiary/aromatic N) is 1. The van der Waals surface area contributed by atoms with E-state index >= 15 is 0 Å². The fourth-order valence-electron chi connectivity index (χ4n) is 2.04. The first-order valence-corrected chi connectivity index (χ1v) is 6.98. The summed E-state index contributed by atoms with van der Waals surface area (Å²) in [5, 5.41) is 6.68. The molecule has 1 unspecified atom stereocenters. The van der Waals surface area contributed by atoms with Crippen molar-refractivity contribution in [3.05, 3.63) is 29.3 Å². The van der Waals surface area contributed by atoms with Crippen molar-refractivity contribution in [2.24, 2.45) is 0 Å². The summed E-state index contributed by atoms with van der Waals surface area (Å²) in [5.41, 5.74) is 4.26. The highest BCUT2D eigenvalue weighted by Gasteiger charge is 2.35. The van der Waals surface area contributed by atoms with Gasteiger partial charge in [-0.05, 0) is 56.2 Å². The third kappa shape index (κ3) is 2.94. The predicted molar refractivity (Wildman–Crippen MR) is 80.7 cm³/mol. The summed E-state index contributed by atoms with van der Waals surface area (Å²) >= 11 is 11.3. The van der Waals surface area contributed by atoms with Crippen molar-refractivity contribution in [1.29, 1.82) is 0 Å². The predicted octanol–water partition coefficient (Wildman–Crippen LogP) is 3.45. The topological polar surface area (TPSA) is 27.3 Å². The molecule has 98 valence electrons. The lowest BCUT2D eigenvalue weighted by atomic mass is 10.1. The summed E-state index contributed by atoms with van der Waals surface area (Å²) in [4.78, 5) is 0. The molecule has 1 heterocycles. The summed E-state index contributed by atoms with van der Waals surface area (Å²) in [6.45, 7) is 4.32. The van der Waals surface area contributed by atoms with Crippen LogP contribution >= 0.6 is 23.8 Å². The minimum Gasteiger partial charge on any atom is -0.342 e. The van der Waals surface area contributed by atoms with Crippen LogP contribution in [0.4, 0.5) is 5.69 Å². The Hall–Kier alpha value is -0.840. The van der Waals surface area contributed by atoms with Crippen LogP contribution in [0.1, 0.15) is 33.1 Å². The Morgan fingerprint density at radius 3 is 2.61 bits per heavy atom. The zero-order valence-electron chi connectivity index (χ0n) is 10.7. The highest BCUT2D eigenvalue weighted by molar-refractivity contribution is 7.80. The highest BCUT2D eigenvalue weighted by atomic mass is 35.5. The van der Waals surface area contributed by atoms with Gasteiger partial charge in [0.1, 0.15) is 5.66 Å². The van der Waals surface area contributed by atoms with Gasteiger partial charge in [0.15, 0.2) is 5.11 Å². The van der Waals surface area contributed by atoms with E-state index in [-0.39, 0.29) is 5.66 Å². The zero-order valence-corrected chi connectivity index (χ0v) is 12.2. The van der Waals surface area contributed by atoms with Crippen LogP contribution in [0.5, 0.6) is 0 Å². The maximum Gasteiger partial charge on any atom is 0.189 e. The van der Waals surface area contributed by atoms with Crippen LogP contribution in [0.15, 0.2) is 24.3 Å². The van der Waals surface area contributed by atoms with E-state index in [4.69, 9.17) is 23.8 Å². The molecule has 0 aromatic heterocycles. The molecule has 0 bridgehead atoms. The minimum absolute atomic E-state index is 0.160. The molecule has 1 fully saturated rings. The van der Waals surface area contributed by atoms with E-state index in [9.17, 15) is 0 Å². The quantitative estimate of drug-likeness (QED) is 0.828. The Labute approximate surface area is 118 Å². The lowest BCUT2D eigenvalue weighted by Gasteiger charge is -2.25. The van der Waals surface area contributed by atoms with Gasteiger partial charge in [-0.3, -0.25) is 5.01 Å². The molecule has 1 aromatic rings. The first-order chi connectivity index (χ1) is 8.54. The molecule has 0 aliphatic carbocycles. The van der Waals surface area contributed by atoms with E-state index in [0.29, 0.717) is 5.11 Å². The van der Waals surface area contributed by atoms with Gasteiger partial charge >= 0.3 is 0 Å². The van der Waals surface area contributed by atoms with Crippen LogP contribution in [0.25, 0.3) is 0 Å². The summed E-state index contributed by atoms with van der Waals surface area (Å²) in [6, 6.07) is 7.63. The second-order valence-corrected chi connectivity index (χ2v) is 5.61. The molecule has 0 saturated carbocycles. The van der Waals surface area contributed by atoms with Crippen molar-refractivity contribution < 1.29 is 0 Å². The zero-order chi connectivity index (χ0) is 13.2. The smallest absolute Gasteiger partial charge is 0.189 e. The molecule has 1 atom stereocenters. The number of unbranched alkanes of at least 4 members (excludes halogenated alkanes) is 1. The molecule has 5 heteroatoms. The third-order valence-corrected chi connectivity index (χ3v) is 3.60. The molecule has 1 aromatic carbocycles. The van der Waals surface area contributed by atoms with Crippen LogP contribution in [0.3, 0.4) is 0 Å². The monoisotopic (exact) mass is 283 g/mol. The van der Waals surface area contributed by atoms with Crippen molar-refractivity contribution >= 4 is 34.6 Å². The molecule has 1 aliphatic rings. The fraction of sp³-hybridized carbons (Fsp3) is 0.462. The maximum absolute atomic E-state index is 5.89. The summed E-state index contributed by atoms with van der Waals surface area (Å²) in [7, 11) is 0. The number of anilines is 1. The van der Waals surface area contributed by atoms with Crippen molar-refractivity contribution in [3.8, 4) is 0 Å². The first kappa shape index (κ1) is 13.6. The standard InChI is InChI=1S/C13H18ClN3S/c1-3-4-9-13(2)15-12(18)17(16-13)11-7-5-10(14)6-8-11/h5-8,16H,3-4,9H2,1-2H3,(H,15,18). The maximum atomic E-state index is 5.89. The molecule has 0 spiro atoms. The Morgan fingerprint density at radius 2 is 2.00 bits per heavy atom. The van der Waals surface area contributed by atoms with Gasteiger partial charge in [-0.15, -0.1) is 0 Å². The van der Waals surface area contributed by atoms with Crippen LogP contribution < -0.4 is 15.8 Å². The second kappa shape index (κ2) is 5.43. The summed E-state index contributed by atoms with van der Waals surface area (Å²) < 4.78 is 0. The summed E-state index contributed by atoms with van der Waals surface area (Å²) in [6.07, 6.45) is 3.37. The van der Waals surface area contributed by atoms with E-state index in [0.717, 1.165) is 23.6 Å². The van der Waals surface area contributed by atoms with Gasteiger partial charge in [0, 0.05) is 5.02 Å². The van der Waals surface area contributed by atoms with E-state index < -0.39 is 0 Å². The van der Waals surface area contributed by atoms with Crippen molar-refractivity contribution in [2.75, 3.05) is 5.01 Å². The largest absolute Gasteiger partial charge is 0.342 e. The normalized spacial score (nSPS) is 23.3. The number of hydrazine groups is 1. The van der Waals surface area contributed by atoms with Crippen molar-refractivity contribution in [3.63, 3.8) is 0 Å². The number of rotatable bonds is 4. The third-order valence-electron chi connectivity index (χ3n) is 3.06. The minimum atomic E-state index is -0.160. The lowest BCUT2D eigenvalue weighted by Crippen LogP contribution is -2.48. The molecular weight excluding hydrogens is 266 g/mol. The molecule has 0 radical (unpaired) electrons. The molecule has 1 aliphatic heterocycles. The van der Waals surface area contributed by atoms with Crippen LogP contribution in [0, 0.1) is 0 Å². The molecule has 18 heavy (non-hydrogen) atoms. The Kier molecular flexibility index (Phi) is 4.10. The van der Waals surface area contributed by atoms with Gasteiger partial charge < -0.3 is 5.32 Å². The number of halogens is 1. The Balaban J connectivity index is 2.11. The fourth-order valence-corrected chi connectivity index (χ4v) is 2.54. The van der Waals surface area contributed by atoms with Gasteiger partial charge in [0.25, 0.3) is 0 Å². The molecule has 1 saturated heterocycles. The van der Waals surface area contributed by atoms with E-state index in [1.165, 1.54) is 6.42 Å². The molecular formula is C13H18ClN3S. The van der Waals surface area contributed by atoms with E-state index in [2.05, 4.69) is 24.6 Å². The first-order valence-electron chi connectivity index (χ1n) is 6.20. The second-order valence-electron chi connectivity index (χ2n) is 4.79. The molecule has 2 N–H and O–H groups in total. The lowest BCUT2D eigenvalue weighted by molar-refractivity contribution is 0.337. The average Bonchev–Trinajstić information content (AvgIpc) is 2.64. The Bertz CT molecular complexity index is 434. The number of thiocarbonyl (C=S) groups is 1. The van der Waals surface area contributed by atoms with Gasteiger partial charge in [-0.25, -0.2) is 5.43 Å². The number of nitrogens with one attached hydrogen (secondary N) is 2. The van der Waals surface area contributed by atoms with Gasteiger partial charge in [0.2, 0.25) is 0 Å². The van der Waals surface area contributed by atoms with Gasteiger partial charge in [0.05, 0.1) is 5.69 Å². The van der Waals surface area contributed by atoms with E-state index in [1.54, 1.807) is 0 Å². The van der Waals surface area contributed by atoms with Crippen molar-refractivity contribution in [2.45, 2.75) is 38.8 Å². The van der Waals surface area contributed by atoms with E-state index in [1.807, 2.05) is 29.3 Å². The SMILES string of the molecule is CCCCC1(C)NC(=S)N(c2ccc(Cl)cc2)N1. The van der Waals surface area contributed by atoms with Gasteiger partial charge in [-0.2, -0.15) is 0 Å². The van der Waals surface area contributed by atoms with Crippen LogP contribution in [-0.2, 0) is 0 Å². The molecule has 2 rings (SSSR count). The van der Waals surface area contributed by atoms with Crippen molar-refractivity contribution in [1.82, 2.24) is 10.7 Å². The highest BCUT2D eigenvalue weighted by Crippen LogP contribution is 2.23. The Morgan fingerprint density at radius 1 is 1.33 bits per heavy atom. The van der Waals surface area contributed by atoms with Gasteiger partial charge in [-0.1, -0.05) is 24.9 Å². The number of hydrogen-bond donors (Lipinski definition) is 2.